The molecule has 0 heterocycles. The van der Waals surface area contributed by atoms with Gasteiger partial charge in [0.25, 0.3) is 0 Å². The molecule has 0 saturated carbocycles. The van der Waals surface area contributed by atoms with Crippen LogP contribution >= 0.6 is 0 Å². The van der Waals surface area contributed by atoms with Crippen LogP contribution in [0.4, 0.5) is 0 Å². The van der Waals surface area contributed by atoms with Gasteiger partial charge in [-0.2, -0.15) is 0 Å². The first-order valence-electron chi connectivity index (χ1n) is 30.9. The molecule has 88 heavy (non-hydrogen) atoms. The van der Waals surface area contributed by atoms with Crippen LogP contribution in [-0.4, -0.2) is 132 Å². The van der Waals surface area contributed by atoms with Crippen molar-refractivity contribution >= 4 is 53.2 Å². The second-order valence-corrected chi connectivity index (χ2v) is 22.6. The number of carboxylic acids is 1. The average molecular weight is 1220 g/mol. The zero-order valence-corrected chi connectivity index (χ0v) is 52.1. The van der Waals surface area contributed by atoms with Crippen LogP contribution in [0.5, 0.6) is 0 Å². The second kappa shape index (κ2) is 41.2. The lowest BCUT2D eigenvalue weighted by molar-refractivity contribution is -0.142. The third-order valence-corrected chi connectivity index (χ3v) is 14.3. The second-order valence-electron chi connectivity index (χ2n) is 22.6. The number of unbranched alkanes of at least 4 members (excludes halogenated alkanes) is 1. The number of carbonyl (C=O) groups is 9. The molecule has 17 N–H and O–H groups in total. The lowest BCUT2D eigenvalue weighted by Crippen LogP contribution is -2.59. The number of carboxylic acid groups (broad SMARTS) is 1. The van der Waals surface area contributed by atoms with E-state index in [1.807, 2.05) is 139 Å². The normalized spacial score (nSPS) is 14.1. The van der Waals surface area contributed by atoms with E-state index in [1.54, 1.807) is 24.3 Å². The Morgan fingerprint density at radius 2 is 0.648 bits per heavy atom. The highest BCUT2D eigenvalue weighted by Gasteiger charge is 2.34. The van der Waals surface area contributed by atoms with E-state index in [0.29, 0.717) is 6.42 Å². The maximum absolute atomic E-state index is 14.1. The molecule has 8 amide bonds. The van der Waals surface area contributed by atoms with Crippen molar-refractivity contribution in [2.45, 2.75) is 179 Å². The van der Waals surface area contributed by atoms with Crippen LogP contribution in [0.25, 0.3) is 0 Å². The molecule has 22 heteroatoms. The smallest absolute Gasteiger partial charge is 0.326 e. The van der Waals surface area contributed by atoms with Gasteiger partial charge < -0.3 is 70.6 Å². The van der Waals surface area contributed by atoms with Crippen LogP contribution in [-0.2, 0) is 68.8 Å². The summed E-state index contributed by atoms with van der Waals surface area (Å²) in [6.45, 7) is 11.9. The molecular formula is C66H98N12O10. The molecule has 4 aromatic carbocycles. The molecule has 0 radical (unpaired) electrons. The van der Waals surface area contributed by atoms with Crippen molar-refractivity contribution in [2.24, 2.45) is 34.8 Å². The third-order valence-electron chi connectivity index (χ3n) is 14.3. The fourth-order valence-electron chi connectivity index (χ4n) is 9.61. The minimum Gasteiger partial charge on any atom is -0.480 e. The molecule has 0 aromatic heterocycles. The van der Waals surface area contributed by atoms with Crippen LogP contribution in [0.15, 0.2) is 121 Å². The molecule has 0 spiro atoms. The van der Waals surface area contributed by atoms with Crippen LogP contribution < -0.4 is 65.5 Å². The van der Waals surface area contributed by atoms with E-state index in [2.05, 4.69) is 42.5 Å². The largest absolute Gasteiger partial charge is 0.480 e. The summed E-state index contributed by atoms with van der Waals surface area (Å²) < 4.78 is 0. The standard InChI is InChI=1S/C64H92N12O10.C2H6/c1-41(2)35-52(75-62(83)54(39-45-25-13-7-14-26-45)73-56(77)47(67)37-43-21-9-5-10-22-43)60(81)70-49(30-19-32-65)58(79)69-34-18-17-29-51(64(85)86)72-59(80)50(31-20-33-66)71-61(82)53(36-42(3)4)76-63(84)55(40-46-27-15-8-16-28-46)74-57(78)48(68)38-44-23-11-6-12-24-44;1-2/h5-16,21-28,41-42,47-55H,17-20,29-40,65-68H2,1-4H3,(H,69,79)(H,70,81)(H,71,82)(H,72,80)(H,73,77)(H,74,78)(H,75,83)(H,76,84)(H,85,86);1-2H3/t47-,48-,49-,50-,51+,52-,53-,54-,55-;/m1./s1. The van der Waals surface area contributed by atoms with Gasteiger partial charge in [0, 0.05) is 19.4 Å². The first-order valence-corrected chi connectivity index (χ1v) is 30.9. The molecule has 0 aliphatic heterocycles. The van der Waals surface area contributed by atoms with Crippen LogP contribution in [0, 0.1) is 11.8 Å². The quantitative estimate of drug-likeness (QED) is 0.0286. The maximum atomic E-state index is 14.1. The predicted octanol–water partition coefficient (Wildman–Crippen LogP) is 2.97. The fraction of sp³-hybridized carbons (Fsp3) is 0.500. The number of hydrogen-bond donors (Lipinski definition) is 13. The summed E-state index contributed by atoms with van der Waals surface area (Å²) in [5.41, 5.74) is 27.4. The monoisotopic (exact) mass is 1220 g/mol. The van der Waals surface area contributed by atoms with Crippen LogP contribution in [0.3, 0.4) is 0 Å². The van der Waals surface area contributed by atoms with E-state index >= 15 is 0 Å². The Morgan fingerprint density at radius 1 is 0.364 bits per heavy atom. The summed E-state index contributed by atoms with van der Waals surface area (Å²) in [7, 11) is 0. The Balaban J connectivity index is 0.0000100. The Morgan fingerprint density at radius 3 is 0.989 bits per heavy atom. The number of carbonyl (C=O) groups excluding carboxylic acids is 8. The first kappa shape index (κ1) is 74.2. The molecule has 9 atom stereocenters. The topological polar surface area (TPSA) is 374 Å². The predicted molar refractivity (Wildman–Crippen MR) is 341 cm³/mol. The Labute approximate surface area is 519 Å². The van der Waals surface area contributed by atoms with Gasteiger partial charge in [-0.25, -0.2) is 4.79 Å². The molecule has 0 fully saturated rings. The number of hydrogen-bond acceptors (Lipinski definition) is 13. The van der Waals surface area contributed by atoms with E-state index in [1.165, 1.54) is 0 Å². The Hall–Kier alpha value is -8.05. The number of benzene rings is 4. The number of nitrogens with two attached hydrogens (primary N) is 4. The van der Waals surface area contributed by atoms with E-state index < -0.39 is 108 Å². The van der Waals surface area contributed by atoms with Crippen molar-refractivity contribution in [2.75, 3.05) is 19.6 Å². The van der Waals surface area contributed by atoms with E-state index in [4.69, 9.17) is 22.9 Å². The van der Waals surface area contributed by atoms with Crippen molar-refractivity contribution in [1.29, 1.82) is 0 Å². The number of aliphatic carboxylic acids is 1. The zero-order chi connectivity index (χ0) is 65.0. The lowest BCUT2D eigenvalue weighted by Gasteiger charge is -2.27. The van der Waals surface area contributed by atoms with Crippen molar-refractivity contribution in [3.63, 3.8) is 0 Å². The highest BCUT2D eigenvalue weighted by atomic mass is 16.4. The summed E-state index contributed by atoms with van der Waals surface area (Å²) in [4.78, 5) is 124. The Kier molecular flexibility index (Phi) is 34.7. The third kappa shape index (κ3) is 28.2. The molecule has 0 unspecified atom stereocenters. The van der Waals surface area contributed by atoms with Gasteiger partial charge in [0.15, 0.2) is 0 Å². The van der Waals surface area contributed by atoms with Gasteiger partial charge in [-0.3, -0.25) is 38.4 Å². The Bertz CT molecular complexity index is 2740. The van der Waals surface area contributed by atoms with Crippen LogP contribution in [0.2, 0.25) is 0 Å². The molecule has 0 aliphatic rings. The molecule has 0 aliphatic carbocycles. The van der Waals surface area contributed by atoms with Crippen LogP contribution in [0.1, 0.15) is 122 Å². The SMILES string of the molecule is CC.CC(C)C[C@@H](NC(=O)[C@@H](Cc1ccccc1)NC(=O)[C@H](N)Cc1ccccc1)C(=O)N[C@H](CCCN)C(=O)NCCCC[C@H](NC(=O)[C@@H](CCCN)NC(=O)[C@@H](CC(C)C)NC(=O)[C@@H](Cc1ccccc1)NC(=O)[C@H](N)Cc1ccccc1)C(=O)O. The minimum atomic E-state index is -1.39. The van der Waals surface area contributed by atoms with Gasteiger partial charge in [0.05, 0.1) is 12.1 Å². The van der Waals surface area contributed by atoms with Gasteiger partial charge in [0.2, 0.25) is 47.3 Å². The molecule has 4 aromatic rings. The van der Waals surface area contributed by atoms with Crippen molar-refractivity contribution in [1.82, 2.24) is 42.5 Å². The van der Waals surface area contributed by atoms with Gasteiger partial charge in [0.1, 0.15) is 42.3 Å². The first-order chi connectivity index (χ1) is 42.2. The van der Waals surface area contributed by atoms with Crippen molar-refractivity contribution < 1.29 is 48.3 Å². The minimum absolute atomic E-state index is 0.0466. The van der Waals surface area contributed by atoms with Gasteiger partial charge in [-0.1, -0.05) is 163 Å². The molecule has 482 valence electrons. The van der Waals surface area contributed by atoms with E-state index in [-0.39, 0.29) is 109 Å². The summed E-state index contributed by atoms with van der Waals surface area (Å²) in [6.07, 6.45) is 2.30. The summed E-state index contributed by atoms with van der Waals surface area (Å²) in [6, 6.07) is 26.4. The highest BCUT2D eigenvalue weighted by Crippen LogP contribution is 2.14. The summed E-state index contributed by atoms with van der Waals surface area (Å²) >= 11 is 0. The number of nitrogens with one attached hydrogen (secondary N) is 8. The maximum Gasteiger partial charge on any atom is 0.326 e. The highest BCUT2D eigenvalue weighted by molar-refractivity contribution is 5.97. The molecule has 4 rings (SSSR count). The lowest BCUT2D eigenvalue weighted by atomic mass is 9.99. The zero-order valence-electron chi connectivity index (χ0n) is 52.1. The van der Waals surface area contributed by atoms with Gasteiger partial charge in [-0.05, 0) is 118 Å². The molecule has 22 nitrogen and oxygen atoms in total. The number of amides is 8. The van der Waals surface area contributed by atoms with Crippen molar-refractivity contribution in [3.8, 4) is 0 Å². The van der Waals surface area contributed by atoms with Crippen molar-refractivity contribution in [3.05, 3.63) is 144 Å². The fourth-order valence-corrected chi connectivity index (χ4v) is 9.61. The summed E-state index contributed by atoms with van der Waals surface area (Å²) in [5, 5.41) is 32.3. The molecule has 0 saturated heterocycles. The van der Waals surface area contributed by atoms with Gasteiger partial charge in [-0.15, -0.1) is 0 Å². The van der Waals surface area contributed by atoms with E-state index in [9.17, 15) is 48.3 Å². The molecular weight excluding hydrogens is 1120 g/mol. The molecule has 0 bridgehead atoms. The van der Waals surface area contributed by atoms with Gasteiger partial charge >= 0.3 is 5.97 Å². The number of rotatable bonds is 39. The van der Waals surface area contributed by atoms with E-state index in [0.717, 1.165) is 22.3 Å². The average Bonchev–Trinajstić information content (AvgIpc) is 3.66. The summed E-state index contributed by atoms with van der Waals surface area (Å²) in [5.74, 6) is -6.55.